The van der Waals surface area contributed by atoms with Gasteiger partial charge in [0.25, 0.3) is 5.91 Å². The Balaban J connectivity index is 3.20. The molecular formula is C7H6N4O3. The molecule has 2 N–H and O–H groups in total. The van der Waals surface area contributed by atoms with E-state index in [0.717, 1.165) is 10.9 Å². The van der Waals surface area contributed by atoms with Crippen molar-refractivity contribution in [2.45, 2.75) is 6.54 Å². The third kappa shape index (κ3) is 1.69. The van der Waals surface area contributed by atoms with E-state index in [1.165, 1.54) is 0 Å². The van der Waals surface area contributed by atoms with Crippen LogP contribution in [0.2, 0.25) is 0 Å². The molecule has 0 aromatic carbocycles. The molecule has 0 unspecified atom stereocenters. The maximum Gasteiger partial charge on any atom is 0.320 e. The Bertz CT molecular complexity index is 397. The normalized spacial score (nSPS) is 9.36. The van der Waals surface area contributed by atoms with E-state index >= 15 is 0 Å². The topological polar surface area (TPSA) is 104 Å². The third-order valence-electron chi connectivity index (χ3n) is 1.43. The molecular weight excluding hydrogens is 188 g/mol. The zero-order valence-corrected chi connectivity index (χ0v) is 7.01. The van der Waals surface area contributed by atoms with Crippen LogP contribution < -0.4 is 5.73 Å². The highest BCUT2D eigenvalue weighted by Crippen LogP contribution is 2.15. The number of amides is 1. The summed E-state index contributed by atoms with van der Waals surface area (Å²) >= 11 is 0. The molecule has 0 atom stereocenters. The first-order valence-electron chi connectivity index (χ1n) is 3.51. The van der Waals surface area contributed by atoms with Gasteiger partial charge in [0.15, 0.2) is 0 Å². The van der Waals surface area contributed by atoms with Crippen LogP contribution in [0.25, 0.3) is 0 Å². The van der Waals surface area contributed by atoms with Crippen molar-refractivity contribution >= 4 is 11.6 Å². The second-order valence-electron chi connectivity index (χ2n) is 2.39. The first-order chi connectivity index (χ1) is 6.56. The van der Waals surface area contributed by atoms with E-state index in [2.05, 4.69) is 11.0 Å². The summed E-state index contributed by atoms with van der Waals surface area (Å²) in [5.74, 6) is 1.28. The van der Waals surface area contributed by atoms with Crippen LogP contribution >= 0.6 is 0 Å². The number of hydrogen-bond acceptors (Lipinski definition) is 4. The molecule has 7 nitrogen and oxygen atoms in total. The van der Waals surface area contributed by atoms with Crippen LogP contribution in [-0.4, -0.2) is 20.6 Å². The van der Waals surface area contributed by atoms with E-state index in [4.69, 9.17) is 12.2 Å². The predicted octanol–water partition coefficient (Wildman–Crippen LogP) is -0.477. The van der Waals surface area contributed by atoms with Gasteiger partial charge in [-0.25, -0.2) is 0 Å². The van der Waals surface area contributed by atoms with Crippen molar-refractivity contribution in [1.29, 1.82) is 0 Å². The summed E-state index contributed by atoms with van der Waals surface area (Å²) in [7, 11) is 0. The van der Waals surface area contributed by atoms with E-state index in [1.54, 1.807) is 0 Å². The molecule has 0 saturated heterocycles. The summed E-state index contributed by atoms with van der Waals surface area (Å²) in [6.07, 6.45) is 6.04. The highest BCUT2D eigenvalue weighted by atomic mass is 16.6. The third-order valence-corrected chi connectivity index (χ3v) is 1.43. The molecule has 0 radical (unpaired) electrons. The van der Waals surface area contributed by atoms with Gasteiger partial charge in [-0.05, 0) is 0 Å². The summed E-state index contributed by atoms with van der Waals surface area (Å²) in [6, 6.07) is 0. The van der Waals surface area contributed by atoms with Gasteiger partial charge in [-0.1, -0.05) is 5.92 Å². The van der Waals surface area contributed by atoms with Gasteiger partial charge in [0, 0.05) is 0 Å². The molecule has 14 heavy (non-hydrogen) atoms. The van der Waals surface area contributed by atoms with Crippen LogP contribution in [0.1, 0.15) is 10.5 Å². The van der Waals surface area contributed by atoms with E-state index in [0.29, 0.717) is 0 Å². The van der Waals surface area contributed by atoms with E-state index in [-0.39, 0.29) is 12.2 Å². The zero-order valence-electron chi connectivity index (χ0n) is 7.01. The first-order valence-corrected chi connectivity index (χ1v) is 3.51. The molecule has 1 aromatic rings. The van der Waals surface area contributed by atoms with Gasteiger partial charge >= 0.3 is 5.69 Å². The molecule has 1 heterocycles. The number of primary amides is 1. The standard InChI is InChI=1S/C7H6N4O3/c1-2-3-10-4-5(11(13)14)6(9-10)7(8)12/h1,4H,3H2,(H2,8,12). The maximum absolute atomic E-state index is 10.7. The van der Waals surface area contributed by atoms with Crippen LogP contribution in [0.4, 0.5) is 5.69 Å². The lowest BCUT2D eigenvalue weighted by Crippen LogP contribution is -2.14. The largest absolute Gasteiger partial charge is 0.364 e. The Hall–Kier alpha value is -2.36. The lowest BCUT2D eigenvalue weighted by atomic mass is 10.4. The van der Waals surface area contributed by atoms with Crippen LogP contribution in [-0.2, 0) is 6.54 Å². The summed E-state index contributed by atoms with van der Waals surface area (Å²) in [5.41, 5.74) is 4.07. The molecule has 0 aliphatic rings. The maximum atomic E-state index is 10.7. The average molecular weight is 194 g/mol. The Kier molecular flexibility index (Phi) is 2.48. The molecule has 0 fully saturated rings. The Morgan fingerprint density at radius 2 is 2.50 bits per heavy atom. The molecule has 0 bridgehead atoms. The molecule has 0 spiro atoms. The smallest absolute Gasteiger partial charge is 0.320 e. The molecule has 0 saturated carbocycles. The number of carbonyl (C=O) groups is 1. The van der Waals surface area contributed by atoms with Crippen molar-refractivity contribution in [3.05, 3.63) is 22.0 Å². The molecule has 1 aromatic heterocycles. The molecule has 72 valence electrons. The van der Waals surface area contributed by atoms with Gasteiger partial charge in [0.1, 0.15) is 12.7 Å². The van der Waals surface area contributed by atoms with Crippen LogP contribution in [0.5, 0.6) is 0 Å². The summed E-state index contributed by atoms with van der Waals surface area (Å²) in [5, 5.41) is 14.0. The number of rotatable bonds is 3. The second-order valence-corrected chi connectivity index (χ2v) is 2.39. The number of nitro groups is 1. The van der Waals surface area contributed by atoms with Crippen molar-refractivity contribution in [2.24, 2.45) is 5.73 Å². The quantitative estimate of drug-likeness (QED) is 0.398. The van der Waals surface area contributed by atoms with Crippen molar-refractivity contribution in [3.8, 4) is 12.3 Å². The number of aromatic nitrogens is 2. The van der Waals surface area contributed by atoms with E-state index in [1.807, 2.05) is 0 Å². The number of carbonyl (C=O) groups excluding carboxylic acids is 1. The van der Waals surface area contributed by atoms with Gasteiger partial charge in [-0.2, -0.15) is 5.10 Å². The molecule has 0 aliphatic carbocycles. The second kappa shape index (κ2) is 3.57. The molecule has 1 rings (SSSR count). The minimum absolute atomic E-state index is 0.0497. The zero-order chi connectivity index (χ0) is 10.7. The lowest BCUT2D eigenvalue weighted by Gasteiger charge is -1.88. The number of nitrogens with zero attached hydrogens (tertiary/aromatic N) is 3. The monoisotopic (exact) mass is 194 g/mol. The van der Waals surface area contributed by atoms with Crippen molar-refractivity contribution < 1.29 is 9.72 Å². The summed E-state index contributed by atoms with van der Waals surface area (Å²) < 4.78 is 1.11. The molecule has 7 heteroatoms. The van der Waals surface area contributed by atoms with Gasteiger partial charge in [0.05, 0.1) is 4.92 Å². The fourth-order valence-corrected chi connectivity index (χ4v) is 0.894. The number of terminal acetylenes is 1. The molecule has 1 amide bonds. The van der Waals surface area contributed by atoms with Crippen LogP contribution in [0, 0.1) is 22.5 Å². The fraction of sp³-hybridized carbons (Fsp3) is 0.143. The van der Waals surface area contributed by atoms with Crippen LogP contribution in [0.3, 0.4) is 0 Å². The van der Waals surface area contributed by atoms with Gasteiger partial charge in [-0.15, -0.1) is 6.42 Å². The van der Waals surface area contributed by atoms with Gasteiger partial charge < -0.3 is 5.73 Å². The summed E-state index contributed by atoms with van der Waals surface area (Å²) in [4.78, 5) is 20.4. The molecule has 0 aliphatic heterocycles. The Morgan fingerprint density at radius 1 is 1.86 bits per heavy atom. The van der Waals surface area contributed by atoms with E-state index in [9.17, 15) is 14.9 Å². The van der Waals surface area contributed by atoms with Crippen molar-refractivity contribution in [3.63, 3.8) is 0 Å². The summed E-state index contributed by atoms with van der Waals surface area (Å²) in [6.45, 7) is 0.0497. The minimum Gasteiger partial charge on any atom is -0.364 e. The van der Waals surface area contributed by atoms with Gasteiger partial charge in [-0.3, -0.25) is 19.6 Å². The van der Waals surface area contributed by atoms with E-state index < -0.39 is 16.5 Å². The number of hydrogen-bond donors (Lipinski definition) is 1. The van der Waals surface area contributed by atoms with Gasteiger partial charge in [0.2, 0.25) is 5.69 Å². The SMILES string of the molecule is C#CCn1cc([N+](=O)[O-])c(C(N)=O)n1. The fourth-order valence-electron chi connectivity index (χ4n) is 0.894. The van der Waals surface area contributed by atoms with Crippen molar-refractivity contribution in [2.75, 3.05) is 0 Å². The highest BCUT2D eigenvalue weighted by molar-refractivity contribution is 5.94. The Labute approximate surface area is 78.7 Å². The Morgan fingerprint density at radius 3 is 2.86 bits per heavy atom. The minimum atomic E-state index is -0.951. The average Bonchev–Trinajstić information content (AvgIpc) is 2.49. The first kappa shape index (κ1) is 9.73. The predicted molar refractivity (Wildman–Crippen MR) is 46.2 cm³/mol. The number of nitrogens with two attached hydrogens (primary N) is 1. The lowest BCUT2D eigenvalue weighted by molar-refractivity contribution is -0.385. The van der Waals surface area contributed by atoms with Crippen LogP contribution in [0.15, 0.2) is 6.20 Å². The highest BCUT2D eigenvalue weighted by Gasteiger charge is 2.23. The van der Waals surface area contributed by atoms with Crippen molar-refractivity contribution in [1.82, 2.24) is 9.78 Å².